The standard InChI is InChI=1S/3C18H13N3O2S.C17H16N4O4S.C14H11N3O4S.C14H13N3O3S/c22-17-10-18(24(23)20-17)21-12-14(11-19-21)16-9-5-4-8-15(16)13-6-2-1-3-7-13;22-17-10-18(24(23)20-17)21-12-16(11-19-21)15-8-4-7-14(9-15)13-5-2-1-3-6-13;22-17-10-18(24(23)20-17)21-12-16(11-19-21)15-8-6-14(7-9-15)13-4-2-1-3-5-13;22-15-9-16(26(24)19-15)21-11-14(10-18-21)12-1-3-13(4-2-12)17(23)20-5-7-25-8-6-20;1-21-14(19)11-5-3-2-4-10(11)9-7-15-17(8-9)13-6-12(18)16-22(13)20;18-13-8-14(21(19)16-13)17-10-11(9-15-17)6-7-20-12-4-2-1-3-5-12/h3*1-12H,(H,20,22);1-4,9-11H,5-8H2,(H,19,22);2-8H,1H3,(H,16,18);1-5,8-10H,6-7H2,(H,16,18). The van der Waals surface area contributed by atoms with Gasteiger partial charge in [-0.3, -0.25) is 61.9 Å². The van der Waals surface area contributed by atoms with E-state index in [2.05, 4.69) is 126 Å². The van der Waals surface area contributed by atoms with Gasteiger partial charge in [0.25, 0.3) is 41.4 Å². The summed E-state index contributed by atoms with van der Waals surface area (Å²) in [5.41, 5.74) is 17.4. The molecule has 9 aromatic carbocycles. The number of rotatable bonds is 20. The highest BCUT2D eigenvalue weighted by molar-refractivity contribution is 7.95. The van der Waals surface area contributed by atoms with E-state index < -0.39 is 83.7 Å². The number of para-hydroxylation sites is 1. The minimum absolute atomic E-state index is 0.00774. The zero-order valence-corrected chi connectivity index (χ0v) is 78.8. The summed E-state index contributed by atoms with van der Waals surface area (Å²) in [7, 11) is -8.12. The van der Waals surface area contributed by atoms with Gasteiger partial charge < -0.3 is 19.1 Å². The second-order valence-electron chi connectivity index (χ2n) is 30.7. The quantitative estimate of drug-likeness (QED) is 0.0386. The first-order valence-electron chi connectivity index (χ1n) is 42.8. The van der Waals surface area contributed by atoms with Gasteiger partial charge in [-0.05, 0) is 103 Å². The third-order valence-electron chi connectivity index (χ3n) is 21.5. The van der Waals surface area contributed by atoms with Gasteiger partial charge in [0, 0.05) is 127 Å². The van der Waals surface area contributed by atoms with Crippen LogP contribution >= 0.6 is 0 Å². The van der Waals surface area contributed by atoms with Crippen LogP contribution in [0.3, 0.4) is 0 Å². The minimum atomic E-state index is -1.63. The van der Waals surface area contributed by atoms with Crippen molar-refractivity contribution in [3.8, 4) is 94.8 Å². The number of hydrogen-bond donors (Lipinski definition) is 6. The lowest BCUT2D eigenvalue weighted by Crippen LogP contribution is -2.40. The summed E-state index contributed by atoms with van der Waals surface area (Å²) in [6, 6.07) is 78.4. The third kappa shape index (κ3) is 23.5. The summed E-state index contributed by atoms with van der Waals surface area (Å²) in [6.07, 6.45) is 28.6. The third-order valence-corrected chi connectivity index (χ3v) is 27.9. The van der Waals surface area contributed by atoms with Gasteiger partial charge in [0.2, 0.25) is 0 Å². The van der Waals surface area contributed by atoms with Crippen LogP contribution < -0.4 is 33.1 Å². The van der Waals surface area contributed by atoms with Crippen LogP contribution in [0.2, 0.25) is 0 Å². The van der Waals surface area contributed by atoms with Crippen LogP contribution in [0.5, 0.6) is 5.75 Å². The average Bonchev–Trinajstić information content (AvgIpc) is 1.28. The number of benzene rings is 9. The van der Waals surface area contributed by atoms with Gasteiger partial charge in [0.1, 0.15) is 5.75 Å². The Bertz CT molecular complexity index is 7670. The second kappa shape index (κ2) is 44.5. The van der Waals surface area contributed by atoms with Crippen molar-refractivity contribution in [2.75, 3.05) is 40.0 Å². The number of morpholine rings is 1. The van der Waals surface area contributed by atoms with Gasteiger partial charge in [-0.2, -0.15) is 30.6 Å². The molecule has 7 amide bonds. The lowest BCUT2D eigenvalue weighted by atomic mass is 9.96. The molecule has 6 N–H and O–H groups in total. The molecule has 42 heteroatoms. The van der Waals surface area contributed by atoms with E-state index in [4.69, 9.17) is 14.2 Å². The lowest BCUT2D eigenvalue weighted by Gasteiger charge is -2.26. The Hall–Kier alpha value is -16.9. The summed E-state index contributed by atoms with van der Waals surface area (Å²) >= 11 is 0. The van der Waals surface area contributed by atoms with Crippen molar-refractivity contribution in [3.05, 3.63) is 370 Å². The molecule has 0 aliphatic carbocycles. The summed E-state index contributed by atoms with van der Waals surface area (Å²) < 4.78 is 109. The molecule has 708 valence electrons. The van der Waals surface area contributed by atoms with Crippen LogP contribution in [-0.4, -0.2) is 176 Å². The first kappa shape index (κ1) is 95.8. The number of esters is 1. The predicted molar refractivity (Wildman–Crippen MR) is 534 cm³/mol. The molecule has 0 spiro atoms. The molecule has 6 unspecified atom stereocenters. The molecule has 141 heavy (non-hydrogen) atoms. The molecular weight excluding hydrogens is 1920 g/mol. The molecule has 0 radical (unpaired) electrons. The molecule has 22 rings (SSSR count). The number of nitrogens with zero attached hydrogens (tertiary/aromatic N) is 13. The fraction of sp³-hybridized carbons (Fsp3) is 0.0707. The van der Waals surface area contributed by atoms with Crippen LogP contribution in [0.4, 0.5) is 0 Å². The number of amides is 7. The van der Waals surface area contributed by atoms with Crippen molar-refractivity contribution in [2.45, 2.75) is 6.42 Å². The van der Waals surface area contributed by atoms with E-state index in [-0.39, 0.29) is 34.6 Å². The SMILES string of the molecule is COC(=O)c1ccccc1-c1cnn(C2=CC(=O)NS2=O)c1.O=C1C=C(n2cc(-c3ccc(-c4ccccc4)cc3)cn2)S(=O)N1.O=C1C=C(n2cc(-c3ccc(C(=O)N4CCOCC4)cc3)cn2)S(=O)N1.O=C1C=C(n2cc(-c3cccc(-c4ccccc4)c3)cn2)S(=O)N1.O=C1C=C(n2cc(-c3ccccc3-c3ccccc3)cn2)S(=O)N1.O=C1C=C(n2cc(CCOc3ccccc3)cn2)S(=O)N1. The molecule has 6 aromatic heterocycles. The number of carbonyl (C=O) groups excluding carboxylic acids is 8. The van der Waals surface area contributed by atoms with Gasteiger partial charge in [0.15, 0.2) is 96.1 Å². The Labute approximate surface area is 818 Å². The highest BCUT2D eigenvalue weighted by atomic mass is 32.2. The van der Waals surface area contributed by atoms with Gasteiger partial charge in [-0.1, -0.05) is 206 Å². The van der Waals surface area contributed by atoms with Crippen LogP contribution in [0.25, 0.3) is 119 Å². The van der Waals surface area contributed by atoms with Gasteiger partial charge in [0.05, 0.1) is 69.7 Å². The van der Waals surface area contributed by atoms with E-state index in [1.54, 1.807) is 109 Å². The van der Waals surface area contributed by atoms with Crippen LogP contribution in [0, 0.1) is 0 Å². The number of carbonyl (C=O) groups is 8. The lowest BCUT2D eigenvalue weighted by molar-refractivity contribution is -0.115. The van der Waals surface area contributed by atoms with Crippen molar-refractivity contribution in [2.24, 2.45) is 0 Å². The van der Waals surface area contributed by atoms with E-state index in [1.807, 2.05) is 140 Å². The number of hydrogen-bond acceptors (Lipinski definition) is 23. The van der Waals surface area contributed by atoms with Gasteiger partial charge in [-0.25, -0.2) is 58.1 Å². The molecular formula is C99H79N19O17S6. The van der Waals surface area contributed by atoms with Crippen LogP contribution in [0.1, 0.15) is 26.3 Å². The Balaban J connectivity index is 0.000000117. The topological polar surface area (TPSA) is 449 Å². The summed E-state index contributed by atoms with van der Waals surface area (Å²) in [5.74, 6) is -1.95. The molecule has 0 saturated carbocycles. The van der Waals surface area contributed by atoms with E-state index in [1.165, 1.54) is 77.9 Å². The van der Waals surface area contributed by atoms with Crippen molar-refractivity contribution >= 4 is 143 Å². The molecule has 36 nitrogen and oxygen atoms in total. The molecule has 1 saturated heterocycles. The Morgan fingerprint density at radius 2 is 0.617 bits per heavy atom. The van der Waals surface area contributed by atoms with Crippen LogP contribution in [0.15, 0.2) is 353 Å². The number of ether oxygens (including phenoxy) is 3. The molecule has 0 bridgehead atoms. The highest BCUT2D eigenvalue weighted by Crippen LogP contribution is 2.35. The van der Waals surface area contributed by atoms with E-state index in [0.29, 0.717) is 86.7 Å². The fourth-order valence-electron chi connectivity index (χ4n) is 14.7. The smallest absolute Gasteiger partial charge is 0.338 e. The molecule has 1 fully saturated rings. The van der Waals surface area contributed by atoms with Crippen molar-refractivity contribution < 1.29 is 77.8 Å². The molecule has 15 aromatic rings. The minimum Gasteiger partial charge on any atom is -0.493 e. The van der Waals surface area contributed by atoms with Crippen molar-refractivity contribution in [3.63, 3.8) is 0 Å². The zero-order chi connectivity index (χ0) is 98.0. The van der Waals surface area contributed by atoms with Crippen molar-refractivity contribution in [1.82, 2.24) is 91.9 Å². The van der Waals surface area contributed by atoms with Crippen LogP contribution in [-0.2, 0) is 111 Å². The molecule has 7 aliphatic rings. The maximum absolute atomic E-state index is 12.5. The summed E-state index contributed by atoms with van der Waals surface area (Å²) in [5, 5.41) is 27.0. The normalized spacial score (nSPS) is 17.5. The maximum atomic E-state index is 12.5. The maximum Gasteiger partial charge on any atom is 0.338 e. The van der Waals surface area contributed by atoms with E-state index >= 15 is 0 Å². The monoisotopic (exact) mass is 2000 g/mol. The fourth-order valence-corrected chi connectivity index (χ4v) is 19.7. The summed E-state index contributed by atoms with van der Waals surface area (Å²) in [4.78, 5) is 93.6. The second-order valence-corrected chi connectivity index (χ2v) is 37.7. The summed E-state index contributed by atoms with van der Waals surface area (Å²) in [6.45, 7) is 2.86. The molecule has 7 aliphatic heterocycles. The van der Waals surface area contributed by atoms with E-state index in [9.17, 15) is 63.6 Å². The first-order valence-corrected chi connectivity index (χ1v) is 49.7. The predicted octanol–water partition coefficient (Wildman–Crippen LogP) is 11.1. The highest BCUT2D eigenvalue weighted by Gasteiger charge is 2.30. The Morgan fingerprint density at radius 1 is 0.319 bits per heavy atom. The average molecular weight is 2000 g/mol. The van der Waals surface area contributed by atoms with Gasteiger partial charge in [-0.15, -0.1) is 0 Å². The van der Waals surface area contributed by atoms with E-state index in [0.717, 1.165) is 89.2 Å². The number of nitrogens with one attached hydrogen (secondary N) is 6. The molecule has 13 heterocycles. The van der Waals surface area contributed by atoms with Gasteiger partial charge >= 0.3 is 5.97 Å². The van der Waals surface area contributed by atoms with Crippen molar-refractivity contribution in [1.29, 1.82) is 0 Å². The first-order chi connectivity index (χ1) is 68.6. The number of methoxy groups -OCH3 is 1. The molecule has 6 atom stereocenters. The largest absolute Gasteiger partial charge is 0.493 e. The Morgan fingerprint density at radius 3 is 1.02 bits per heavy atom. The Kier molecular flexibility index (Phi) is 30.2. The number of aromatic nitrogens is 12. The zero-order valence-electron chi connectivity index (χ0n) is 73.9.